The van der Waals surface area contributed by atoms with Crippen LogP contribution in [-0.4, -0.2) is 12.5 Å². The Morgan fingerprint density at radius 1 is 0.919 bits per heavy atom. The highest BCUT2D eigenvalue weighted by Crippen LogP contribution is 2.22. The number of unbranched alkanes of at least 4 members (excludes halogenated alkanes) is 11. The van der Waals surface area contributed by atoms with Crippen LogP contribution in [0.15, 0.2) is 59.6 Å². The second-order valence-electron chi connectivity index (χ2n) is 9.74. The van der Waals surface area contributed by atoms with Gasteiger partial charge in [-0.15, -0.1) is 0 Å². The maximum atomic E-state index is 14.5. The molecule has 1 N–H and O–H groups in total. The molecule has 6 heteroatoms. The minimum atomic E-state index is -0.459. The van der Waals surface area contributed by atoms with Gasteiger partial charge in [0.15, 0.2) is 24.3 Å². The van der Waals surface area contributed by atoms with Crippen LogP contribution in [-0.2, 0) is 6.54 Å². The number of rotatable bonds is 18. The van der Waals surface area contributed by atoms with E-state index >= 15 is 0 Å². The van der Waals surface area contributed by atoms with E-state index in [2.05, 4.69) is 16.8 Å². The van der Waals surface area contributed by atoms with E-state index < -0.39 is 5.82 Å². The summed E-state index contributed by atoms with van der Waals surface area (Å²) in [7, 11) is 0. The van der Waals surface area contributed by atoms with E-state index in [1.807, 2.05) is 35.3 Å². The van der Waals surface area contributed by atoms with E-state index in [1.54, 1.807) is 29.5 Å². The van der Waals surface area contributed by atoms with Crippen LogP contribution in [0.2, 0.25) is 0 Å². The van der Waals surface area contributed by atoms with Crippen molar-refractivity contribution >= 4 is 22.9 Å². The lowest BCUT2D eigenvalue weighted by Gasteiger charge is -2.10. The predicted octanol–water partition coefficient (Wildman–Crippen LogP) is 8.56. The minimum absolute atomic E-state index is 0.232. The number of anilines is 1. The average molecular weight is 526 g/mol. The van der Waals surface area contributed by atoms with Crippen LogP contribution in [0.1, 0.15) is 99.9 Å². The number of carbonyl (C=O) groups excluding carboxylic acids is 1. The number of halogens is 1. The Kier molecular flexibility index (Phi) is 13.2. The molecule has 1 heterocycles. The van der Waals surface area contributed by atoms with Crippen LogP contribution in [0, 0.1) is 5.82 Å². The van der Waals surface area contributed by atoms with E-state index in [4.69, 9.17) is 4.74 Å². The van der Waals surface area contributed by atoms with E-state index in [-0.39, 0.29) is 11.7 Å². The van der Waals surface area contributed by atoms with Gasteiger partial charge in [0.2, 0.25) is 5.51 Å². The summed E-state index contributed by atoms with van der Waals surface area (Å²) in [5, 5.41) is 4.80. The molecule has 37 heavy (non-hydrogen) atoms. The van der Waals surface area contributed by atoms with E-state index in [1.165, 1.54) is 70.3 Å². The molecule has 0 saturated heterocycles. The molecule has 3 rings (SSSR count). The van der Waals surface area contributed by atoms with Crippen molar-refractivity contribution in [3.8, 4) is 5.75 Å². The number of amides is 1. The Bertz CT molecular complexity index is 1060. The molecule has 2 aromatic carbocycles. The molecule has 1 amide bonds. The smallest absolute Gasteiger partial charge is 0.255 e. The molecule has 0 radical (unpaired) electrons. The molecule has 0 aliphatic heterocycles. The average Bonchev–Trinajstić information content (AvgIpc) is 3.41. The van der Waals surface area contributed by atoms with Gasteiger partial charge < -0.3 is 10.1 Å². The van der Waals surface area contributed by atoms with Gasteiger partial charge in [0.25, 0.3) is 5.91 Å². The number of nitrogens with zero attached hydrogens (tertiary/aromatic N) is 1. The van der Waals surface area contributed by atoms with Crippen LogP contribution in [0.3, 0.4) is 0 Å². The summed E-state index contributed by atoms with van der Waals surface area (Å²) in [6.45, 7) is 3.47. The van der Waals surface area contributed by atoms with Crippen molar-refractivity contribution < 1.29 is 18.5 Å². The quantitative estimate of drug-likeness (QED) is 0.133. The maximum Gasteiger partial charge on any atom is 0.255 e. The third-order valence-electron chi connectivity index (χ3n) is 6.53. The number of aromatic nitrogens is 1. The van der Waals surface area contributed by atoms with Gasteiger partial charge in [0.1, 0.15) is 0 Å². The van der Waals surface area contributed by atoms with E-state index in [0.717, 1.165) is 18.4 Å². The fraction of sp³-hybridized carbons (Fsp3) is 0.484. The molecule has 3 aromatic rings. The number of benzene rings is 2. The third kappa shape index (κ3) is 11.0. The number of nitrogens with one attached hydrogen (secondary N) is 1. The maximum absolute atomic E-state index is 14.5. The molecular formula is C31H42FN2O2S+. The Balaban J connectivity index is 1.31. The molecule has 0 atom stereocenters. The molecule has 0 saturated carbocycles. The second-order valence-corrected chi connectivity index (χ2v) is 10.5. The van der Waals surface area contributed by atoms with Crippen LogP contribution < -0.4 is 14.6 Å². The lowest BCUT2D eigenvalue weighted by atomic mass is 10.1. The highest BCUT2D eigenvalue weighted by Gasteiger charge is 2.11. The third-order valence-corrected chi connectivity index (χ3v) is 7.20. The van der Waals surface area contributed by atoms with Crippen molar-refractivity contribution in [1.82, 2.24) is 0 Å². The van der Waals surface area contributed by atoms with E-state index in [9.17, 15) is 9.18 Å². The van der Waals surface area contributed by atoms with E-state index in [0.29, 0.717) is 24.4 Å². The van der Waals surface area contributed by atoms with Crippen molar-refractivity contribution in [1.29, 1.82) is 0 Å². The van der Waals surface area contributed by atoms with Gasteiger partial charge in [-0.25, -0.2) is 4.39 Å². The zero-order chi connectivity index (χ0) is 26.1. The SMILES string of the molecule is CCCCCCCCCCCCCCOc1ccc(NC(=O)c2cccc(C[n+]3ccsc3)c2)cc1F. The van der Waals surface area contributed by atoms with Gasteiger partial charge in [-0.05, 0) is 30.7 Å². The fourth-order valence-corrected chi connectivity index (χ4v) is 5.00. The standard InChI is InChI=1S/C31H41FN2O2S/c1-2-3-4-5-6-7-8-9-10-11-12-13-20-36-30-18-17-28(23-29(30)32)33-31(35)27-16-14-15-26(22-27)24-34-19-21-37-25-34/h14-19,21-23,25H,2-13,20,24H2,1H3/p+1. The summed E-state index contributed by atoms with van der Waals surface area (Å²) >= 11 is 1.62. The summed E-state index contributed by atoms with van der Waals surface area (Å²) in [5.41, 5.74) is 4.01. The van der Waals surface area contributed by atoms with Crippen LogP contribution >= 0.6 is 11.3 Å². The lowest BCUT2D eigenvalue weighted by molar-refractivity contribution is -0.683. The summed E-state index contributed by atoms with van der Waals surface area (Å²) in [4.78, 5) is 12.7. The molecule has 0 spiro atoms. The van der Waals surface area contributed by atoms with Crippen molar-refractivity contribution in [3.05, 3.63) is 76.5 Å². The van der Waals surface area contributed by atoms with Gasteiger partial charge in [0.05, 0.1) is 12.0 Å². The molecule has 0 unspecified atom stereocenters. The first-order valence-corrected chi connectivity index (χ1v) is 14.8. The molecule has 0 bridgehead atoms. The summed E-state index contributed by atoms with van der Waals surface area (Å²) in [5.74, 6) is -0.489. The first-order valence-electron chi connectivity index (χ1n) is 13.9. The van der Waals surface area contributed by atoms with Gasteiger partial charge >= 0.3 is 0 Å². The Labute approximate surface area is 225 Å². The summed E-state index contributed by atoms with van der Waals surface area (Å²) < 4.78 is 22.3. The Morgan fingerprint density at radius 2 is 1.62 bits per heavy atom. The number of thiazole rings is 1. The Hall–Kier alpha value is -2.73. The van der Waals surface area contributed by atoms with Gasteiger partial charge in [-0.1, -0.05) is 101 Å². The molecule has 4 nitrogen and oxygen atoms in total. The number of carbonyl (C=O) groups is 1. The second kappa shape index (κ2) is 16.9. The summed E-state index contributed by atoms with van der Waals surface area (Å²) in [6, 6.07) is 12.1. The van der Waals surface area contributed by atoms with Gasteiger partial charge in [-0.3, -0.25) is 4.79 Å². The minimum Gasteiger partial charge on any atom is -0.491 e. The zero-order valence-corrected chi connectivity index (χ0v) is 23.0. The highest BCUT2D eigenvalue weighted by atomic mass is 32.1. The highest BCUT2D eigenvalue weighted by molar-refractivity contribution is 7.07. The van der Waals surface area contributed by atoms with Crippen LogP contribution in [0.25, 0.3) is 0 Å². The van der Waals surface area contributed by atoms with Crippen LogP contribution in [0.4, 0.5) is 10.1 Å². The molecule has 1 aromatic heterocycles. The van der Waals surface area contributed by atoms with Crippen molar-refractivity contribution in [2.75, 3.05) is 11.9 Å². The normalized spacial score (nSPS) is 11.0. The van der Waals surface area contributed by atoms with Crippen LogP contribution in [0.5, 0.6) is 5.75 Å². The lowest BCUT2D eigenvalue weighted by Crippen LogP contribution is -2.30. The topological polar surface area (TPSA) is 42.2 Å². The van der Waals surface area contributed by atoms with Crippen molar-refractivity contribution in [3.63, 3.8) is 0 Å². The molecule has 0 aliphatic rings. The van der Waals surface area contributed by atoms with Crippen molar-refractivity contribution in [2.24, 2.45) is 0 Å². The van der Waals surface area contributed by atoms with Gasteiger partial charge in [-0.2, -0.15) is 4.57 Å². The van der Waals surface area contributed by atoms with Gasteiger partial charge in [0, 0.05) is 22.9 Å². The summed E-state index contributed by atoms with van der Waals surface area (Å²) in [6.07, 6.45) is 17.4. The zero-order valence-electron chi connectivity index (χ0n) is 22.2. The molecular weight excluding hydrogens is 483 g/mol. The molecule has 200 valence electrons. The first-order chi connectivity index (χ1) is 18.2. The fourth-order valence-electron chi connectivity index (χ4n) is 4.40. The monoisotopic (exact) mass is 525 g/mol. The number of hydrogen-bond donors (Lipinski definition) is 1. The predicted molar refractivity (Wildman–Crippen MR) is 151 cm³/mol. The number of hydrogen-bond acceptors (Lipinski definition) is 3. The first kappa shape index (κ1) is 28.8. The largest absolute Gasteiger partial charge is 0.491 e. The Morgan fingerprint density at radius 3 is 2.27 bits per heavy atom. The number of ether oxygens (including phenoxy) is 1. The molecule has 0 aliphatic carbocycles. The molecule has 0 fully saturated rings. The van der Waals surface area contributed by atoms with Crippen molar-refractivity contribution in [2.45, 2.75) is 90.5 Å².